The Morgan fingerprint density at radius 3 is 2.39 bits per heavy atom. The van der Waals surface area contributed by atoms with E-state index in [4.69, 9.17) is 5.11 Å². The van der Waals surface area contributed by atoms with Crippen molar-refractivity contribution in [3.8, 4) is 0 Å². The van der Waals surface area contributed by atoms with E-state index in [1.807, 2.05) is 0 Å². The first kappa shape index (κ1) is 14.8. The van der Waals surface area contributed by atoms with Crippen LogP contribution >= 0.6 is 0 Å². The van der Waals surface area contributed by atoms with Gasteiger partial charge in [0.05, 0.1) is 6.61 Å². The van der Waals surface area contributed by atoms with E-state index in [-0.39, 0.29) is 6.61 Å². The van der Waals surface area contributed by atoms with Gasteiger partial charge in [-0.3, -0.25) is 0 Å². The number of aliphatic hydroxyl groups excluding tert-OH is 1. The lowest BCUT2D eigenvalue weighted by Gasteiger charge is -2.22. The van der Waals surface area contributed by atoms with Gasteiger partial charge in [-0.05, 0) is 37.1 Å². The lowest BCUT2D eigenvalue weighted by molar-refractivity contribution is 0.302. The van der Waals surface area contributed by atoms with Gasteiger partial charge in [0.25, 0.3) is 0 Å². The van der Waals surface area contributed by atoms with Crippen molar-refractivity contribution in [3.05, 3.63) is 24.3 Å². The summed E-state index contributed by atoms with van der Waals surface area (Å²) in [7, 11) is 0. The fourth-order valence-electron chi connectivity index (χ4n) is 1.82. The second-order valence-electron chi connectivity index (χ2n) is 4.74. The largest absolute Gasteiger partial charge is 0.395 e. The first-order valence-electron chi connectivity index (χ1n) is 6.91. The maximum atomic E-state index is 9.00. The van der Waals surface area contributed by atoms with Gasteiger partial charge in [0.15, 0.2) is 0 Å². The number of likely N-dealkylation sites (N-methyl/N-ethyl adjacent to an activating group) is 1. The highest BCUT2D eigenvalue weighted by Gasteiger charge is 2.03. The van der Waals surface area contributed by atoms with Gasteiger partial charge in [-0.2, -0.15) is 0 Å². The van der Waals surface area contributed by atoms with Crippen molar-refractivity contribution in [2.75, 3.05) is 36.5 Å². The summed E-state index contributed by atoms with van der Waals surface area (Å²) in [5.74, 6) is 0.700. The SMILES string of the molecule is CCC(C)CNc1ccc(N(CC)CCO)cc1. The summed E-state index contributed by atoms with van der Waals surface area (Å²) in [5.41, 5.74) is 2.33. The third-order valence-electron chi connectivity index (χ3n) is 3.34. The summed E-state index contributed by atoms with van der Waals surface area (Å²) < 4.78 is 0. The van der Waals surface area contributed by atoms with Crippen LogP contribution in [-0.4, -0.2) is 31.3 Å². The van der Waals surface area contributed by atoms with Gasteiger partial charge in [-0.1, -0.05) is 20.3 Å². The number of hydrogen-bond acceptors (Lipinski definition) is 3. The summed E-state index contributed by atoms with van der Waals surface area (Å²) >= 11 is 0. The molecule has 0 aliphatic carbocycles. The van der Waals surface area contributed by atoms with Crippen molar-refractivity contribution >= 4 is 11.4 Å². The van der Waals surface area contributed by atoms with E-state index in [9.17, 15) is 0 Å². The van der Waals surface area contributed by atoms with Crippen molar-refractivity contribution in [3.63, 3.8) is 0 Å². The topological polar surface area (TPSA) is 35.5 Å². The Balaban J connectivity index is 2.56. The molecule has 0 spiro atoms. The Kier molecular flexibility index (Phi) is 6.58. The Morgan fingerprint density at radius 2 is 1.89 bits per heavy atom. The normalized spacial score (nSPS) is 12.2. The van der Waals surface area contributed by atoms with Crippen LogP contribution in [0.2, 0.25) is 0 Å². The quantitative estimate of drug-likeness (QED) is 0.744. The summed E-state index contributed by atoms with van der Waals surface area (Å²) in [6.07, 6.45) is 1.20. The lowest BCUT2D eigenvalue weighted by Crippen LogP contribution is -2.25. The standard InChI is InChI=1S/C15H26N2O/c1-4-13(3)12-16-14-6-8-15(9-7-14)17(5-2)10-11-18/h6-9,13,16,18H,4-5,10-12H2,1-3H3. The maximum Gasteiger partial charge on any atom is 0.0606 e. The highest BCUT2D eigenvalue weighted by atomic mass is 16.3. The number of anilines is 2. The maximum absolute atomic E-state index is 9.00. The summed E-state index contributed by atoms with van der Waals surface area (Å²) in [5, 5.41) is 12.4. The fraction of sp³-hybridized carbons (Fsp3) is 0.600. The number of benzene rings is 1. The van der Waals surface area contributed by atoms with Gasteiger partial charge >= 0.3 is 0 Å². The van der Waals surface area contributed by atoms with E-state index >= 15 is 0 Å². The van der Waals surface area contributed by atoms with Gasteiger partial charge in [0.2, 0.25) is 0 Å². The number of nitrogens with zero attached hydrogens (tertiary/aromatic N) is 1. The molecule has 3 nitrogen and oxygen atoms in total. The van der Waals surface area contributed by atoms with E-state index in [0.717, 1.165) is 13.1 Å². The minimum atomic E-state index is 0.196. The van der Waals surface area contributed by atoms with Crippen molar-refractivity contribution < 1.29 is 5.11 Å². The highest BCUT2D eigenvalue weighted by Crippen LogP contribution is 2.18. The Bertz CT molecular complexity index is 324. The van der Waals surface area contributed by atoms with Crippen molar-refractivity contribution in [2.45, 2.75) is 27.2 Å². The Morgan fingerprint density at radius 1 is 1.22 bits per heavy atom. The van der Waals surface area contributed by atoms with Crippen LogP contribution in [-0.2, 0) is 0 Å². The zero-order valence-electron chi connectivity index (χ0n) is 11.8. The van der Waals surface area contributed by atoms with E-state index < -0.39 is 0 Å². The number of aliphatic hydroxyl groups is 1. The van der Waals surface area contributed by atoms with Gasteiger partial charge in [-0.25, -0.2) is 0 Å². The molecule has 1 unspecified atom stereocenters. The van der Waals surface area contributed by atoms with Crippen molar-refractivity contribution in [2.24, 2.45) is 5.92 Å². The molecule has 2 N–H and O–H groups in total. The van der Waals surface area contributed by atoms with Gasteiger partial charge in [0, 0.05) is 31.0 Å². The second-order valence-corrected chi connectivity index (χ2v) is 4.74. The van der Waals surface area contributed by atoms with Crippen LogP contribution in [0.25, 0.3) is 0 Å². The molecule has 1 aromatic carbocycles. The molecule has 1 atom stereocenters. The van der Waals surface area contributed by atoms with Gasteiger partial charge in [0.1, 0.15) is 0 Å². The molecule has 0 amide bonds. The summed E-state index contributed by atoms with van der Waals surface area (Å²) in [4.78, 5) is 2.17. The molecule has 18 heavy (non-hydrogen) atoms. The van der Waals surface area contributed by atoms with Crippen LogP contribution in [0.4, 0.5) is 11.4 Å². The van der Waals surface area contributed by atoms with Crippen LogP contribution in [0.5, 0.6) is 0 Å². The molecule has 3 heteroatoms. The third-order valence-corrected chi connectivity index (χ3v) is 3.34. The van der Waals surface area contributed by atoms with Crippen LogP contribution in [0.1, 0.15) is 27.2 Å². The minimum Gasteiger partial charge on any atom is -0.395 e. The molecule has 0 fully saturated rings. The van der Waals surface area contributed by atoms with Gasteiger partial charge in [-0.15, -0.1) is 0 Å². The van der Waals surface area contributed by atoms with Crippen molar-refractivity contribution in [1.82, 2.24) is 0 Å². The predicted molar refractivity (Wildman–Crippen MR) is 79.4 cm³/mol. The molecule has 0 bridgehead atoms. The molecule has 0 radical (unpaired) electrons. The molecular formula is C15H26N2O. The highest BCUT2D eigenvalue weighted by molar-refractivity contribution is 5.55. The van der Waals surface area contributed by atoms with Crippen molar-refractivity contribution in [1.29, 1.82) is 0 Å². The zero-order valence-corrected chi connectivity index (χ0v) is 11.8. The fourth-order valence-corrected chi connectivity index (χ4v) is 1.82. The van der Waals surface area contributed by atoms with Crippen LogP contribution in [0.3, 0.4) is 0 Å². The molecule has 0 aliphatic heterocycles. The molecule has 102 valence electrons. The Labute approximate surface area is 111 Å². The average Bonchev–Trinajstić information content (AvgIpc) is 2.42. The first-order valence-corrected chi connectivity index (χ1v) is 6.91. The van der Waals surface area contributed by atoms with Gasteiger partial charge < -0.3 is 15.3 Å². The van der Waals surface area contributed by atoms with E-state index in [0.29, 0.717) is 12.5 Å². The Hall–Kier alpha value is -1.22. The summed E-state index contributed by atoms with van der Waals surface area (Å²) in [6.45, 7) is 9.39. The molecule has 0 saturated carbocycles. The monoisotopic (exact) mass is 250 g/mol. The van der Waals surface area contributed by atoms with Crippen LogP contribution in [0, 0.1) is 5.92 Å². The van der Waals surface area contributed by atoms with E-state index in [2.05, 4.69) is 55.3 Å². The third kappa shape index (κ3) is 4.57. The zero-order chi connectivity index (χ0) is 13.4. The summed E-state index contributed by atoms with van der Waals surface area (Å²) in [6, 6.07) is 8.44. The number of hydrogen-bond donors (Lipinski definition) is 2. The minimum absolute atomic E-state index is 0.196. The number of nitrogens with one attached hydrogen (secondary N) is 1. The van der Waals surface area contributed by atoms with Crippen LogP contribution < -0.4 is 10.2 Å². The molecule has 0 saturated heterocycles. The predicted octanol–water partition coefficient (Wildman–Crippen LogP) is 2.96. The lowest BCUT2D eigenvalue weighted by atomic mass is 10.1. The average molecular weight is 250 g/mol. The number of rotatable bonds is 8. The second kappa shape index (κ2) is 7.98. The van der Waals surface area contributed by atoms with Crippen LogP contribution in [0.15, 0.2) is 24.3 Å². The molecule has 0 aliphatic rings. The molecule has 0 aromatic heterocycles. The molecular weight excluding hydrogens is 224 g/mol. The van der Waals surface area contributed by atoms with E-state index in [1.54, 1.807) is 0 Å². The smallest absolute Gasteiger partial charge is 0.0606 e. The molecule has 1 aromatic rings. The first-order chi connectivity index (χ1) is 8.71. The molecule has 0 heterocycles. The molecule has 1 rings (SSSR count). The van der Waals surface area contributed by atoms with E-state index in [1.165, 1.54) is 17.8 Å².